The van der Waals surface area contributed by atoms with Crippen molar-refractivity contribution in [2.24, 2.45) is 0 Å². The number of ether oxygens (including phenoxy) is 2. The van der Waals surface area contributed by atoms with Gasteiger partial charge in [0.1, 0.15) is 18.5 Å². The molecule has 1 fully saturated rings. The lowest BCUT2D eigenvalue weighted by atomic mass is 10.0. The van der Waals surface area contributed by atoms with Crippen molar-refractivity contribution < 1.29 is 17.9 Å². The standard InChI is InChI=1S/C17H22ClN3O4S/c1-2-26(22,23)20-16-4-3-9-24-17(16)12-25-15-7-5-14(6-8-15)21-11-13(18)10-19-21/h5-8,10-11,16-17,20H,2-4,9,12H2,1H3. The Morgan fingerprint density at radius 2 is 2.15 bits per heavy atom. The van der Waals surface area contributed by atoms with Crippen molar-refractivity contribution in [2.45, 2.75) is 31.9 Å². The average Bonchev–Trinajstić information content (AvgIpc) is 3.07. The van der Waals surface area contributed by atoms with Gasteiger partial charge in [-0.15, -0.1) is 0 Å². The van der Waals surface area contributed by atoms with Crippen molar-refractivity contribution in [1.29, 1.82) is 0 Å². The average molecular weight is 400 g/mol. The van der Waals surface area contributed by atoms with Crippen LogP contribution in [0.15, 0.2) is 36.7 Å². The van der Waals surface area contributed by atoms with Crippen molar-refractivity contribution in [3.63, 3.8) is 0 Å². The number of nitrogens with zero attached hydrogens (tertiary/aromatic N) is 2. The van der Waals surface area contributed by atoms with E-state index >= 15 is 0 Å². The lowest BCUT2D eigenvalue weighted by Gasteiger charge is -2.31. The molecular weight excluding hydrogens is 378 g/mol. The minimum absolute atomic E-state index is 0.0516. The number of nitrogens with one attached hydrogen (secondary N) is 1. The molecule has 0 bridgehead atoms. The summed E-state index contributed by atoms with van der Waals surface area (Å²) in [5, 5.41) is 4.72. The number of aromatic nitrogens is 2. The van der Waals surface area contributed by atoms with E-state index in [1.54, 1.807) is 24.0 Å². The monoisotopic (exact) mass is 399 g/mol. The molecule has 2 atom stereocenters. The molecule has 0 aliphatic carbocycles. The van der Waals surface area contributed by atoms with Gasteiger partial charge in [-0.1, -0.05) is 11.6 Å². The Morgan fingerprint density at radius 3 is 2.81 bits per heavy atom. The second-order valence-electron chi connectivity index (χ2n) is 6.09. The molecule has 0 amide bonds. The third-order valence-corrected chi connectivity index (χ3v) is 5.83. The van der Waals surface area contributed by atoms with Crippen molar-refractivity contribution >= 4 is 21.6 Å². The van der Waals surface area contributed by atoms with Gasteiger partial charge < -0.3 is 9.47 Å². The number of hydrogen-bond acceptors (Lipinski definition) is 5. The van der Waals surface area contributed by atoms with Gasteiger partial charge in [-0.25, -0.2) is 17.8 Å². The van der Waals surface area contributed by atoms with Crippen LogP contribution in [0.5, 0.6) is 5.75 Å². The molecule has 142 valence electrons. The second kappa shape index (κ2) is 8.39. The lowest BCUT2D eigenvalue weighted by molar-refractivity contribution is -0.0279. The van der Waals surface area contributed by atoms with Gasteiger partial charge in [0.2, 0.25) is 10.0 Å². The maximum Gasteiger partial charge on any atom is 0.211 e. The van der Waals surface area contributed by atoms with E-state index in [4.69, 9.17) is 21.1 Å². The molecule has 1 saturated heterocycles. The zero-order valence-electron chi connectivity index (χ0n) is 14.5. The highest BCUT2D eigenvalue weighted by Crippen LogP contribution is 2.20. The van der Waals surface area contributed by atoms with E-state index in [0.29, 0.717) is 17.4 Å². The van der Waals surface area contributed by atoms with Crippen LogP contribution in [0.1, 0.15) is 19.8 Å². The largest absolute Gasteiger partial charge is 0.491 e. The minimum atomic E-state index is -3.28. The molecule has 1 aromatic carbocycles. The Hall–Kier alpha value is -1.61. The number of sulfonamides is 1. The van der Waals surface area contributed by atoms with Gasteiger partial charge >= 0.3 is 0 Å². The van der Waals surface area contributed by atoms with Gasteiger partial charge in [-0.05, 0) is 44.0 Å². The van der Waals surface area contributed by atoms with E-state index in [-0.39, 0.29) is 24.5 Å². The molecule has 26 heavy (non-hydrogen) atoms. The Morgan fingerprint density at radius 1 is 1.38 bits per heavy atom. The summed E-state index contributed by atoms with van der Waals surface area (Å²) in [6, 6.07) is 7.15. The van der Waals surface area contributed by atoms with Crippen molar-refractivity contribution in [2.75, 3.05) is 19.0 Å². The molecule has 9 heteroatoms. The SMILES string of the molecule is CCS(=O)(=O)NC1CCCOC1COc1ccc(-n2cc(Cl)cn2)cc1. The quantitative estimate of drug-likeness (QED) is 0.773. The maximum absolute atomic E-state index is 11.8. The molecule has 0 spiro atoms. The molecule has 0 radical (unpaired) electrons. The highest BCUT2D eigenvalue weighted by Gasteiger charge is 2.29. The number of halogens is 1. The third-order valence-electron chi connectivity index (χ3n) is 4.22. The summed E-state index contributed by atoms with van der Waals surface area (Å²) in [6.07, 6.45) is 4.55. The summed E-state index contributed by atoms with van der Waals surface area (Å²) >= 11 is 5.88. The van der Waals surface area contributed by atoms with Crippen molar-refractivity contribution in [3.05, 3.63) is 41.7 Å². The first-order valence-corrected chi connectivity index (χ1v) is 10.5. The molecule has 3 rings (SSSR count). The molecule has 1 N–H and O–H groups in total. The summed E-state index contributed by atoms with van der Waals surface area (Å²) in [5.41, 5.74) is 0.867. The molecule has 1 aromatic heterocycles. The van der Waals surface area contributed by atoms with Gasteiger partial charge in [0.25, 0.3) is 0 Å². The first-order valence-electron chi connectivity index (χ1n) is 8.52. The molecule has 2 aromatic rings. The highest BCUT2D eigenvalue weighted by atomic mass is 35.5. The summed E-state index contributed by atoms with van der Waals surface area (Å²) in [5.74, 6) is 0.731. The van der Waals surface area contributed by atoms with E-state index in [9.17, 15) is 8.42 Å². The van der Waals surface area contributed by atoms with Crippen LogP contribution in [0.3, 0.4) is 0 Å². The van der Waals surface area contributed by atoms with Crippen LogP contribution in [-0.4, -0.2) is 49.3 Å². The fraction of sp³-hybridized carbons (Fsp3) is 0.471. The molecule has 0 saturated carbocycles. The molecule has 2 unspecified atom stereocenters. The predicted molar refractivity (Wildman–Crippen MR) is 99.4 cm³/mol. The van der Waals surface area contributed by atoms with Gasteiger partial charge in [0, 0.05) is 12.8 Å². The van der Waals surface area contributed by atoms with Crippen LogP contribution in [0, 0.1) is 0 Å². The van der Waals surface area contributed by atoms with Crippen LogP contribution < -0.4 is 9.46 Å². The predicted octanol–water partition coefficient (Wildman–Crippen LogP) is 2.39. The van der Waals surface area contributed by atoms with Gasteiger partial charge in [0.05, 0.1) is 28.7 Å². The van der Waals surface area contributed by atoms with E-state index in [1.807, 2.05) is 24.3 Å². The normalized spacial score (nSPS) is 20.8. The van der Waals surface area contributed by atoms with Gasteiger partial charge in [-0.2, -0.15) is 5.10 Å². The summed E-state index contributed by atoms with van der Waals surface area (Å²) in [4.78, 5) is 0. The van der Waals surface area contributed by atoms with E-state index in [1.165, 1.54) is 0 Å². The van der Waals surface area contributed by atoms with Crippen molar-refractivity contribution in [1.82, 2.24) is 14.5 Å². The molecule has 2 heterocycles. The highest BCUT2D eigenvalue weighted by molar-refractivity contribution is 7.89. The Bertz CT molecular complexity index is 823. The Labute approximate surface area is 158 Å². The van der Waals surface area contributed by atoms with E-state index < -0.39 is 10.0 Å². The van der Waals surface area contributed by atoms with E-state index in [2.05, 4.69) is 9.82 Å². The number of benzene rings is 1. The van der Waals surface area contributed by atoms with Gasteiger partial charge in [-0.3, -0.25) is 0 Å². The first-order chi connectivity index (χ1) is 12.5. The zero-order valence-corrected chi connectivity index (χ0v) is 16.0. The second-order valence-corrected chi connectivity index (χ2v) is 8.57. The van der Waals surface area contributed by atoms with Crippen LogP contribution in [0.2, 0.25) is 5.02 Å². The zero-order chi connectivity index (χ0) is 18.6. The molecular formula is C17H22ClN3O4S. The summed E-state index contributed by atoms with van der Waals surface area (Å²) in [6.45, 7) is 2.51. The van der Waals surface area contributed by atoms with Crippen molar-refractivity contribution in [3.8, 4) is 11.4 Å². The van der Waals surface area contributed by atoms with Crippen LogP contribution >= 0.6 is 11.6 Å². The minimum Gasteiger partial charge on any atom is -0.491 e. The lowest BCUT2D eigenvalue weighted by Crippen LogP contribution is -2.49. The number of rotatable bonds is 7. The van der Waals surface area contributed by atoms with Crippen LogP contribution in [0.4, 0.5) is 0 Å². The Kier molecular flexibility index (Phi) is 6.18. The third kappa shape index (κ3) is 4.97. The number of hydrogen-bond donors (Lipinski definition) is 1. The molecule has 7 nitrogen and oxygen atoms in total. The maximum atomic E-state index is 11.8. The summed E-state index contributed by atoms with van der Waals surface area (Å²) in [7, 11) is -3.28. The molecule has 1 aliphatic heterocycles. The topological polar surface area (TPSA) is 82.5 Å². The van der Waals surface area contributed by atoms with Crippen LogP contribution in [-0.2, 0) is 14.8 Å². The van der Waals surface area contributed by atoms with Crippen LogP contribution in [0.25, 0.3) is 5.69 Å². The van der Waals surface area contributed by atoms with Gasteiger partial charge in [0.15, 0.2) is 0 Å². The fourth-order valence-corrected chi connectivity index (χ4v) is 3.80. The first kappa shape index (κ1) is 19.2. The van der Waals surface area contributed by atoms with E-state index in [0.717, 1.165) is 18.5 Å². The summed E-state index contributed by atoms with van der Waals surface area (Å²) < 4.78 is 39.6. The Balaban J connectivity index is 1.60. The smallest absolute Gasteiger partial charge is 0.211 e. The fourth-order valence-electron chi connectivity index (χ4n) is 2.77. The molecule has 1 aliphatic rings.